The van der Waals surface area contributed by atoms with E-state index in [9.17, 15) is 41.2 Å². The lowest BCUT2D eigenvalue weighted by atomic mass is 10.1. The maximum absolute atomic E-state index is 13.6. The number of hydrogen-bond acceptors (Lipinski definition) is 10. The van der Waals surface area contributed by atoms with Crippen molar-refractivity contribution in [3.63, 3.8) is 0 Å². The van der Waals surface area contributed by atoms with Crippen molar-refractivity contribution in [2.45, 2.75) is 21.6 Å². The van der Waals surface area contributed by atoms with E-state index in [0.717, 1.165) is 42.1 Å². The molecular weight excluding hydrogens is 636 g/mol. The Morgan fingerprint density at radius 1 is 0.891 bits per heavy atom. The SMILES string of the molecule is CC1=NN(c2cc(S(=O)(=O)O)ccc2S(=O)(=O)c2ccc(O)c(C(=O)O)c2)C(=O)C1=Cc1ccc(N(C)C)cc1.c1ccncc1. The highest BCUT2D eigenvalue weighted by atomic mass is 32.2. The lowest BCUT2D eigenvalue weighted by Gasteiger charge is -2.18. The van der Waals surface area contributed by atoms with Crippen LogP contribution in [0.3, 0.4) is 0 Å². The molecule has 0 unspecified atom stereocenters. The number of nitrogens with zero attached hydrogens (tertiary/aromatic N) is 4. The Kier molecular flexibility index (Phi) is 9.70. The second kappa shape index (κ2) is 13.3. The fourth-order valence-corrected chi connectivity index (χ4v) is 6.17. The van der Waals surface area contributed by atoms with Crippen molar-refractivity contribution in [1.82, 2.24) is 4.98 Å². The molecule has 13 nitrogen and oxygen atoms in total. The monoisotopic (exact) mass is 664 g/mol. The number of hydrazone groups is 1. The summed E-state index contributed by atoms with van der Waals surface area (Å²) in [5, 5.41) is 24.0. The zero-order valence-electron chi connectivity index (χ0n) is 24.6. The second-order valence-electron chi connectivity index (χ2n) is 9.96. The third-order valence-electron chi connectivity index (χ3n) is 6.60. The maximum Gasteiger partial charge on any atom is 0.339 e. The summed E-state index contributed by atoms with van der Waals surface area (Å²) >= 11 is 0. The molecule has 15 heteroatoms. The van der Waals surface area contributed by atoms with E-state index in [-0.39, 0.29) is 11.3 Å². The molecule has 0 radical (unpaired) electrons. The normalized spacial score (nSPS) is 14.0. The van der Waals surface area contributed by atoms with Crippen LogP contribution in [0, 0.1) is 0 Å². The van der Waals surface area contributed by atoms with Gasteiger partial charge in [0, 0.05) is 32.2 Å². The quantitative estimate of drug-likeness (QED) is 0.190. The Hall–Kier alpha value is -5.38. The first-order chi connectivity index (χ1) is 21.6. The Morgan fingerprint density at radius 3 is 2.04 bits per heavy atom. The average Bonchev–Trinajstić information content (AvgIpc) is 3.30. The molecule has 1 aliphatic rings. The summed E-state index contributed by atoms with van der Waals surface area (Å²) < 4.78 is 60.6. The van der Waals surface area contributed by atoms with Crippen LogP contribution in [0.25, 0.3) is 6.08 Å². The average molecular weight is 665 g/mol. The lowest BCUT2D eigenvalue weighted by molar-refractivity contribution is -0.114. The number of aromatic carboxylic acids is 1. The molecule has 1 aliphatic heterocycles. The minimum Gasteiger partial charge on any atom is -0.507 e. The van der Waals surface area contributed by atoms with E-state index >= 15 is 0 Å². The molecule has 238 valence electrons. The van der Waals surface area contributed by atoms with Crippen LogP contribution in [0.2, 0.25) is 0 Å². The summed E-state index contributed by atoms with van der Waals surface area (Å²) in [4.78, 5) is 28.8. The van der Waals surface area contributed by atoms with E-state index in [4.69, 9.17) is 0 Å². The van der Waals surface area contributed by atoms with Crippen molar-refractivity contribution in [1.29, 1.82) is 0 Å². The molecule has 3 aromatic carbocycles. The molecule has 2 heterocycles. The van der Waals surface area contributed by atoms with Crippen molar-refractivity contribution in [2.75, 3.05) is 24.0 Å². The molecule has 0 fully saturated rings. The molecule has 3 N–H and O–H groups in total. The number of carbonyl (C=O) groups excluding carboxylic acids is 1. The van der Waals surface area contributed by atoms with E-state index in [1.54, 1.807) is 30.6 Å². The van der Waals surface area contributed by atoms with Crippen molar-refractivity contribution < 1.29 is 41.2 Å². The molecule has 0 spiro atoms. The van der Waals surface area contributed by atoms with Gasteiger partial charge in [0.25, 0.3) is 16.0 Å². The van der Waals surface area contributed by atoms with Crippen LogP contribution in [-0.4, -0.2) is 68.3 Å². The summed E-state index contributed by atoms with van der Waals surface area (Å²) in [7, 11) is -5.69. The molecule has 0 atom stereocenters. The van der Waals surface area contributed by atoms with Gasteiger partial charge >= 0.3 is 5.97 Å². The van der Waals surface area contributed by atoms with Crippen LogP contribution >= 0.6 is 0 Å². The Morgan fingerprint density at radius 2 is 1.52 bits per heavy atom. The number of amides is 1. The van der Waals surface area contributed by atoms with Crippen LogP contribution in [0.5, 0.6) is 5.75 Å². The Balaban J connectivity index is 0.000000717. The molecule has 1 amide bonds. The van der Waals surface area contributed by atoms with Crippen molar-refractivity contribution in [2.24, 2.45) is 5.10 Å². The van der Waals surface area contributed by atoms with E-state index in [1.165, 1.54) is 6.92 Å². The molecule has 0 aliphatic carbocycles. The lowest BCUT2D eigenvalue weighted by Crippen LogP contribution is -2.24. The van der Waals surface area contributed by atoms with Gasteiger partial charge in [0.2, 0.25) is 9.84 Å². The minimum absolute atomic E-state index is 0.107. The zero-order valence-corrected chi connectivity index (χ0v) is 26.3. The predicted octanol–water partition coefficient (Wildman–Crippen LogP) is 4.12. The van der Waals surface area contributed by atoms with Gasteiger partial charge in [0.05, 0.1) is 31.7 Å². The van der Waals surface area contributed by atoms with Gasteiger partial charge in [0.1, 0.15) is 11.3 Å². The number of aromatic hydroxyl groups is 1. The first-order valence-electron chi connectivity index (χ1n) is 13.3. The maximum atomic E-state index is 13.6. The molecule has 0 bridgehead atoms. The van der Waals surface area contributed by atoms with Crippen LogP contribution in [-0.2, 0) is 24.7 Å². The third kappa shape index (κ3) is 7.28. The molecule has 0 saturated carbocycles. The van der Waals surface area contributed by atoms with Gasteiger partial charge in [0.15, 0.2) is 0 Å². The van der Waals surface area contributed by atoms with Gasteiger partial charge in [-0.3, -0.25) is 14.3 Å². The molecule has 1 aromatic heterocycles. The number of carboxylic acids is 1. The van der Waals surface area contributed by atoms with Crippen LogP contribution < -0.4 is 9.91 Å². The second-order valence-corrected chi connectivity index (χ2v) is 13.3. The summed E-state index contributed by atoms with van der Waals surface area (Å²) in [6.07, 6.45) is 5.04. The number of phenols is 1. The topological polar surface area (TPSA) is 195 Å². The van der Waals surface area contributed by atoms with Crippen LogP contribution in [0.4, 0.5) is 11.4 Å². The van der Waals surface area contributed by atoms with Crippen molar-refractivity contribution in [3.8, 4) is 5.75 Å². The highest BCUT2D eigenvalue weighted by molar-refractivity contribution is 7.91. The molecule has 0 saturated heterocycles. The number of carboxylic acid groups (broad SMARTS) is 1. The minimum atomic E-state index is -4.82. The van der Waals surface area contributed by atoms with E-state index in [0.29, 0.717) is 10.6 Å². The molecule has 4 aromatic rings. The number of hydrogen-bond donors (Lipinski definition) is 3. The highest BCUT2D eigenvalue weighted by Gasteiger charge is 2.35. The smallest absolute Gasteiger partial charge is 0.339 e. The third-order valence-corrected chi connectivity index (χ3v) is 9.25. The van der Waals surface area contributed by atoms with Crippen molar-refractivity contribution >= 4 is 55.0 Å². The van der Waals surface area contributed by atoms with Gasteiger partial charge in [-0.15, -0.1) is 0 Å². The summed E-state index contributed by atoms with van der Waals surface area (Å²) in [5.74, 6) is -3.02. The Labute approximate surface area is 265 Å². The number of pyridine rings is 1. The van der Waals surface area contributed by atoms with E-state index < -0.39 is 63.5 Å². The highest BCUT2D eigenvalue weighted by Crippen LogP contribution is 2.37. The number of rotatable bonds is 7. The largest absolute Gasteiger partial charge is 0.507 e. The number of benzene rings is 3. The van der Waals surface area contributed by atoms with Gasteiger partial charge in [-0.2, -0.15) is 18.5 Å². The fraction of sp³-hybridized carbons (Fsp3) is 0.0968. The standard InChI is InChI=1S/C26H23N3O9S2.C5H5N/c1-15-20(12-16-4-6-17(7-5-16)28(2)3)25(31)29(27-15)22-14-19(40(36,37)38)9-11-24(22)39(34,35)18-8-10-23(30)21(13-18)26(32)33;1-2-4-6-5-3-1/h4-14,30H,1-3H3,(H,32,33)(H,36,37,38);1-5H. The van der Waals surface area contributed by atoms with Crippen LogP contribution in [0.15, 0.2) is 117 Å². The molecule has 46 heavy (non-hydrogen) atoms. The van der Waals surface area contributed by atoms with Gasteiger partial charge < -0.3 is 15.1 Å². The Bertz CT molecular complexity index is 2050. The van der Waals surface area contributed by atoms with Crippen molar-refractivity contribution in [3.05, 3.63) is 108 Å². The first kappa shape index (κ1) is 33.5. The molecule has 5 rings (SSSR count). The fourth-order valence-electron chi connectivity index (χ4n) is 4.23. The zero-order chi connectivity index (χ0) is 33.8. The first-order valence-corrected chi connectivity index (χ1v) is 16.2. The van der Waals surface area contributed by atoms with Gasteiger partial charge in [-0.1, -0.05) is 18.2 Å². The summed E-state index contributed by atoms with van der Waals surface area (Å²) in [6, 6.07) is 18.0. The number of anilines is 2. The predicted molar refractivity (Wildman–Crippen MR) is 170 cm³/mol. The summed E-state index contributed by atoms with van der Waals surface area (Å²) in [5.41, 5.74) is 0.708. The number of carbonyl (C=O) groups is 2. The van der Waals surface area contributed by atoms with Gasteiger partial charge in [-0.25, -0.2) is 13.2 Å². The molecular formula is C31H28N4O9S2. The van der Waals surface area contributed by atoms with Crippen LogP contribution in [0.1, 0.15) is 22.8 Å². The summed E-state index contributed by atoms with van der Waals surface area (Å²) in [6.45, 7) is 1.51. The number of sulfone groups is 1. The van der Waals surface area contributed by atoms with Gasteiger partial charge in [-0.05, 0) is 79.2 Å². The van der Waals surface area contributed by atoms with E-state index in [1.807, 2.05) is 49.3 Å². The number of aromatic nitrogens is 1. The van der Waals surface area contributed by atoms with E-state index in [2.05, 4.69) is 10.1 Å².